The smallest absolute Gasteiger partial charge is 0.191 e. The predicted octanol–water partition coefficient (Wildman–Crippen LogP) is 3.23. The van der Waals surface area contributed by atoms with Gasteiger partial charge in [-0.1, -0.05) is 18.2 Å². The molecule has 2 aromatic rings. The number of pyridine rings is 1. The van der Waals surface area contributed by atoms with Crippen LogP contribution < -0.4 is 10.6 Å². The van der Waals surface area contributed by atoms with E-state index in [-0.39, 0.29) is 48.7 Å². The number of guanidine groups is 1. The molecule has 1 aromatic heterocycles. The highest BCUT2D eigenvalue weighted by atomic mass is 127. The van der Waals surface area contributed by atoms with Crippen molar-refractivity contribution in [2.24, 2.45) is 4.99 Å². The molecule has 0 saturated heterocycles. The molecule has 0 fully saturated rings. The second kappa shape index (κ2) is 10.1. The standard InChI is InChI=1S/C16H18F2N4.HI/c1-2-19-16(21-10-12-6-3-4-7-13(12)17)22-11-15-14(18)8-5-9-20-15;/h3-9H,2,10-11H2,1H3,(H2,19,21,22);1H. The first-order valence-corrected chi connectivity index (χ1v) is 7.05. The van der Waals surface area contributed by atoms with E-state index in [1.165, 1.54) is 24.4 Å². The number of hydrogen-bond donors (Lipinski definition) is 2. The molecule has 124 valence electrons. The number of nitrogens with zero attached hydrogens (tertiary/aromatic N) is 2. The summed E-state index contributed by atoms with van der Waals surface area (Å²) in [5.41, 5.74) is 0.808. The monoisotopic (exact) mass is 432 g/mol. The third-order valence-corrected chi connectivity index (χ3v) is 2.97. The van der Waals surface area contributed by atoms with Crippen LogP contribution in [0.15, 0.2) is 47.6 Å². The minimum Gasteiger partial charge on any atom is -0.357 e. The summed E-state index contributed by atoms with van der Waals surface area (Å²) in [6.45, 7) is 2.97. The summed E-state index contributed by atoms with van der Waals surface area (Å²) in [7, 11) is 0. The number of hydrogen-bond acceptors (Lipinski definition) is 2. The Labute approximate surface area is 151 Å². The van der Waals surface area contributed by atoms with Crippen molar-refractivity contribution in [3.05, 3.63) is 65.5 Å². The molecule has 0 unspecified atom stereocenters. The normalized spacial score (nSPS) is 10.8. The highest BCUT2D eigenvalue weighted by molar-refractivity contribution is 14.0. The molecule has 1 heterocycles. The van der Waals surface area contributed by atoms with E-state index in [0.29, 0.717) is 23.8 Å². The molecule has 0 bridgehead atoms. The molecule has 0 aliphatic heterocycles. The highest BCUT2D eigenvalue weighted by Gasteiger charge is 2.05. The van der Waals surface area contributed by atoms with E-state index in [4.69, 9.17) is 0 Å². The van der Waals surface area contributed by atoms with Crippen LogP contribution >= 0.6 is 24.0 Å². The van der Waals surface area contributed by atoms with Crippen LogP contribution in [0, 0.1) is 11.6 Å². The summed E-state index contributed by atoms with van der Waals surface area (Å²) >= 11 is 0. The predicted molar refractivity (Wildman–Crippen MR) is 97.7 cm³/mol. The van der Waals surface area contributed by atoms with Gasteiger partial charge >= 0.3 is 0 Å². The van der Waals surface area contributed by atoms with E-state index in [1.807, 2.05) is 6.92 Å². The maximum absolute atomic E-state index is 13.6. The number of aromatic nitrogens is 1. The maximum atomic E-state index is 13.6. The van der Waals surface area contributed by atoms with E-state index in [9.17, 15) is 8.78 Å². The fourth-order valence-electron chi connectivity index (χ4n) is 1.85. The summed E-state index contributed by atoms with van der Waals surface area (Å²) in [6.07, 6.45) is 1.53. The summed E-state index contributed by atoms with van der Waals surface area (Å²) in [5, 5.41) is 6.01. The summed E-state index contributed by atoms with van der Waals surface area (Å²) in [6, 6.07) is 9.37. The van der Waals surface area contributed by atoms with Crippen molar-refractivity contribution < 1.29 is 8.78 Å². The van der Waals surface area contributed by atoms with E-state index >= 15 is 0 Å². The number of nitrogens with one attached hydrogen (secondary N) is 2. The Morgan fingerprint density at radius 1 is 1.09 bits per heavy atom. The Balaban J connectivity index is 0.00000264. The van der Waals surface area contributed by atoms with Crippen LogP contribution in [-0.2, 0) is 13.1 Å². The van der Waals surface area contributed by atoms with Gasteiger partial charge in [-0.05, 0) is 25.1 Å². The molecular weight excluding hydrogens is 413 g/mol. The summed E-state index contributed by atoms with van der Waals surface area (Å²) in [5.74, 6) is -0.186. The molecule has 7 heteroatoms. The molecule has 0 aliphatic rings. The van der Waals surface area contributed by atoms with Gasteiger partial charge in [-0.25, -0.2) is 13.8 Å². The molecule has 1 aromatic carbocycles. The molecular formula is C16H19F2IN4. The summed E-state index contributed by atoms with van der Waals surface area (Å²) in [4.78, 5) is 8.26. The Kier molecular flexibility index (Phi) is 8.46. The Morgan fingerprint density at radius 3 is 2.52 bits per heavy atom. The first kappa shape index (κ1) is 19.3. The fourth-order valence-corrected chi connectivity index (χ4v) is 1.85. The highest BCUT2D eigenvalue weighted by Crippen LogP contribution is 2.07. The quantitative estimate of drug-likeness (QED) is 0.434. The third-order valence-electron chi connectivity index (χ3n) is 2.97. The van der Waals surface area contributed by atoms with Gasteiger partial charge in [0.05, 0.1) is 18.8 Å². The first-order valence-electron chi connectivity index (χ1n) is 7.05. The lowest BCUT2D eigenvalue weighted by Gasteiger charge is -2.11. The second-order valence-corrected chi connectivity index (χ2v) is 4.57. The Bertz CT molecular complexity index is 649. The lowest BCUT2D eigenvalue weighted by atomic mass is 10.2. The van der Waals surface area contributed by atoms with Gasteiger partial charge in [-0.15, -0.1) is 24.0 Å². The lowest BCUT2D eigenvalue weighted by molar-refractivity contribution is 0.592. The van der Waals surface area contributed by atoms with Gasteiger partial charge in [-0.2, -0.15) is 0 Å². The SMILES string of the molecule is CCNC(=NCc1ccccc1F)NCc1ncccc1F.I. The zero-order chi connectivity index (χ0) is 15.8. The minimum absolute atomic E-state index is 0. The zero-order valence-electron chi connectivity index (χ0n) is 12.7. The molecule has 23 heavy (non-hydrogen) atoms. The van der Waals surface area contributed by atoms with E-state index in [2.05, 4.69) is 20.6 Å². The second-order valence-electron chi connectivity index (χ2n) is 4.57. The van der Waals surface area contributed by atoms with Crippen LogP contribution in [0.5, 0.6) is 0 Å². The number of halogens is 3. The molecule has 0 radical (unpaired) electrons. The van der Waals surface area contributed by atoms with Gasteiger partial charge in [0.25, 0.3) is 0 Å². The first-order chi connectivity index (χ1) is 10.7. The summed E-state index contributed by atoms with van der Waals surface area (Å²) < 4.78 is 27.1. The molecule has 0 aliphatic carbocycles. The molecule has 0 saturated carbocycles. The van der Waals surface area contributed by atoms with E-state index < -0.39 is 0 Å². The van der Waals surface area contributed by atoms with Crippen LogP contribution in [0.25, 0.3) is 0 Å². The van der Waals surface area contributed by atoms with Crippen molar-refractivity contribution in [1.82, 2.24) is 15.6 Å². The van der Waals surface area contributed by atoms with Crippen molar-refractivity contribution in [3.8, 4) is 0 Å². The molecule has 2 N–H and O–H groups in total. The van der Waals surface area contributed by atoms with Crippen molar-refractivity contribution >= 4 is 29.9 Å². The van der Waals surface area contributed by atoms with Gasteiger partial charge in [0.1, 0.15) is 11.6 Å². The van der Waals surface area contributed by atoms with Crippen LogP contribution in [0.1, 0.15) is 18.2 Å². The van der Waals surface area contributed by atoms with Crippen molar-refractivity contribution in [2.75, 3.05) is 6.54 Å². The van der Waals surface area contributed by atoms with Crippen molar-refractivity contribution in [1.29, 1.82) is 0 Å². The topological polar surface area (TPSA) is 49.3 Å². The molecule has 0 spiro atoms. The van der Waals surface area contributed by atoms with Gasteiger partial charge in [0, 0.05) is 18.3 Å². The average molecular weight is 432 g/mol. The van der Waals surface area contributed by atoms with E-state index in [1.54, 1.807) is 18.2 Å². The van der Waals surface area contributed by atoms with Gasteiger partial charge in [0.15, 0.2) is 5.96 Å². The number of aliphatic imine (C=N–C) groups is 1. The molecule has 0 amide bonds. The Hall–Kier alpha value is -1.77. The van der Waals surface area contributed by atoms with Gasteiger partial charge in [-0.3, -0.25) is 4.98 Å². The lowest BCUT2D eigenvalue weighted by Crippen LogP contribution is -2.37. The number of benzene rings is 1. The molecule has 2 rings (SSSR count). The van der Waals surface area contributed by atoms with Crippen molar-refractivity contribution in [2.45, 2.75) is 20.0 Å². The van der Waals surface area contributed by atoms with Gasteiger partial charge < -0.3 is 10.6 Å². The van der Waals surface area contributed by atoms with Crippen LogP contribution in [0.3, 0.4) is 0 Å². The maximum Gasteiger partial charge on any atom is 0.191 e. The Morgan fingerprint density at radius 2 is 1.83 bits per heavy atom. The van der Waals surface area contributed by atoms with Crippen LogP contribution in [0.2, 0.25) is 0 Å². The van der Waals surface area contributed by atoms with Crippen molar-refractivity contribution in [3.63, 3.8) is 0 Å². The van der Waals surface area contributed by atoms with Gasteiger partial charge in [0.2, 0.25) is 0 Å². The average Bonchev–Trinajstić information content (AvgIpc) is 2.53. The van der Waals surface area contributed by atoms with Crippen LogP contribution in [-0.4, -0.2) is 17.5 Å². The number of rotatable bonds is 5. The largest absolute Gasteiger partial charge is 0.357 e. The zero-order valence-corrected chi connectivity index (χ0v) is 15.1. The molecule has 4 nitrogen and oxygen atoms in total. The van der Waals surface area contributed by atoms with E-state index in [0.717, 1.165) is 0 Å². The third kappa shape index (κ3) is 6.09. The fraction of sp³-hybridized carbons (Fsp3) is 0.250. The molecule has 0 atom stereocenters. The minimum atomic E-state index is -0.375. The van der Waals surface area contributed by atoms with Crippen LogP contribution in [0.4, 0.5) is 8.78 Å².